The highest BCUT2D eigenvalue weighted by Gasteiger charge is 2.39. The van der Waals surface area contributed by atoms with Crippen molar-refractivity contribution >= 4 is 23.7 Å². The Labute approximate surface area is 311 Å². The molecule has 0 spiro atoms. The number of nitrogens with one attached hydrogen (secondary N) is 1. The van der Waals surface area contributed by atoms with Crippen molar-refractivity contribution in [3.05, 3.63) is 169 Å². The molecular formula is C43H46N4O6. The van der Waals surface area contributed by atoms with Crippen LogP contribution in [0.4, 0.5) is 5.69 Å². The molecule has 0 radical (unpaired) electrons. The summed E-state index contributed by atoms with van der Waals surface area (Å²) >= 11 is 0. The fourth-order valence-corrected chi connectivity index (χ4v) is 6.52. The molecule has 4 aromatic rings. The number of pyridine rings is 1. The molecule has 10 heteroatoms. The number of hydrogen-bond acceptors (Lipinski definition) is 9. The van der Waals surface area contributed by atoms with Crippen LogP contribution < -0.4 is 5.32 Å². The van der Waals surface area contributed by atoms with Crippen LogP contribution in [0, 0.1) is 10.1 Å². The number of rotatable bonds is 15. The van der Waals surface area contributed by atoms with E-state index in [1.54, 1.807) is 46.0 Å². The standard InChI is InChI=1S/C43H46N4O6/c1-29(2)53-43(49)40-32(5)45-31(4)39(41(40)37-14-9-15-38(25-37)47(50)51)42(48)52-22-21-46(28-35-11-7-6-8-12-35)27-30(3)23-33-16-18-34(19-17-33)24-36-13-10-20-44-26-36/h6-20,23,25-26,29,41,45H,21-22,24,27-28H2,1-5H3/b30-23+. The molecule has 1 unspecified atom stereocenters. The van der Waals surface area contributed by atoms with Gasteiger partial charge in [-0.15, -0.1) is 0 Å². The van der Waals surface area contributed by atoms with Crippen LogP contribution in [0.3, 0.4) is 0 Å². The maximum absolute atomic E-state index is 14.0. The van der Waals surface area contributed by atoms with Crippen LogP contribution in [0.5, 0.6) is 0 Å². The minimum absolute atomic E-state index is 0.0783. The maximum atomic E-state index is 14.0. The smallest absolute Gasteiger partial charge is 0.337 e. The van der Waals surface area contributed by atoms with Crippen LogP contribution in [-0.2, 0) is 32.0 Å². The Balaban J connectivity index is 1.33. The predicted molar refractivity (Wildman–Crippen MR) is 205 cm³/mol. The van der Waals surface area contributed by atoms with Crippen molar-refractivity contribution in [3.8, 4) is 0 Å². The zero-order chi connectivity index (χ0) is 37.9. The van der Waals surface area contributed by atoms with Gasteiger partial charge in [0.2, 0.25) is 0 Å². The third-order valence-electron chi connectivity index (χ3n) is 8.84. The average molecular weight is 715 g/mol. The second-order valence-electron chi connectivity index (χ2n) is 13.5. The van der Waals surface area contributed by atoms with Crippen LogP contribution in [0.1, 0.15) is 68.4 Å². The summed E-state index contributed by atoms with van der Waals surface area (Å²) in [5.41, 5.74) is 7.40. The van der Waals surface area contributed by atoms with Crippen LogP contribution in [-0.4, -0.2) is 52.5 Å². The summed E-state index contributed by atoms with van der Waals surface area (Å²) in [6.45, 7) is 10.8. The molecule has 1 aliphatic rings. The minimum Gasteiger partial charge on any atom is -0.461 e. The zero-order valence-corrected chi connectivity index (χ0v) is 30.9. The highest BCUT2D eigenvalue weighted by atomic mass is 16.6. The predicted octanol–water partition coefficient (Wildman–Crippen LogP) is 7.92. The third kappa shape index (κ3) is 10.6. The first-order chi connectivity index (χ1) is 25.5. The molecule has 1 aromatic heterocycles. The van der Waals surface area contributed by atoms with E-state index < -0.39 is 28.9 Å². The zero-order valence-electron chi connectivity index (χ0n) is 30.9. The first-order valence-corrected chi connectivity index (χ1v) is 17.7. The van der Waals surface area contributed by atoms with Gasteiger partial charge in [0.15, 0.2) is 0 Å². The number of esters is 2. The third-order valence-corrected chi connectivity index (χ3v) is 8.84. The minimum atomic E-state index is -0.934. The van der Waals surface area contributed by atoms with Gasteiger partial charge in [-0.2, -0.15) is 0 Å². The Hall–Kier alpha value is -5.87. The van der Waals surface area contributed by atoms with Gasteiger partial charge < -0.3 is 14.8 Å². The SMILES string of the molecule is CC1=C(C(=O)OCCN(C/C(C)=C/c2ccc(Cc3cccnc3)cc2)Cc2ccccc2)C(c2cccc([N+](=O)[O-])c2)C(C(=O)OC(C)C)=C(C)N1. The van der Waals surface area contributed by atoms with Gasteiger partial charge in [-0.05, 0) is 74.9 Å². The van der Waals surface area contributed by atoms with Gasteiger partial charge in [-0.25, -0.2) is 9.59 Å². The van der Waals surface area contributed by atoms with Gasteiger partial charge in [0.1, 0.15) is 6.61 Å². The van der Waals surface area contributed by atoms with E-state index in [-0.39, 0.29) is 23.4 Å². The van der Waals surface area contributed by atoms with Crippen molar-refractivity contribution in [1.29, 1.82) is 0 Å². The molecule has 0 saturated heterocycles. The van der Waals surface area contributed by atoms with E-state index in [1.165, 1.54) is 17.7 Å². The second-order valence-corrected chi connectivity index (χ2v) is 13.5. The van der Waals surface area contributed by atoms with Gasteiger partial charge >= 0.3 is 11.9 Å². The lowest BCUT2D eigenvalue weighted by atomic mass is 9.80. The largest absolute Gasteiger partial charge is 0.461 e. The van der Waals surface area contributed by atoms with Crippen molar-refractivity contribution in [2.75, 3.05) is 19.7 Å². The van der Waals surface area contributed by atoms with E-state index in [2.05, 4.69) is 70.7 Å². The van der Waals surface area contributed by atoms with Crippen molar-refractivity contribution in [2.24, 2.45) is 0 Å². The van der Waals surface area contributed by atoms with Crippen LogP contribution >= 0.6 is 0 Å². The van der Waals surface area contributed by atoms with Crippen LogP contribution in [0.2, 0.25) is 0 Å². The molecule has 0 bridgehead atoms. The Morgan fingerprint density at radius 3 is 2.26 bits per heavy atom. The normalized spacial score (nSPS) is 14.7. The van der Waals surface area contributed by atoms with Gasteiger partial charge in [-0.1, -0.05) is 84.4 Å². The number of non-ortho nitro benzene ring substituents is 1. The van der Waals surface area contributed by atoms with Gasteiger partial charge in [0.25, 0.3) is 5.69 Å². The number of nitro groups is 1. The molecule has 1 N–H and O–H groups in total. The highest BCUT2D eigenvalue weighted by Crippen LogP contribution is 2.40. The fraction of sp³-hybridized carbons (Fsp3) is 0.279. The van der Waals surface area contributed by atoms with E-state index in [0.717, 1.165) is 28.7 Å². The molecule has 0 aliphatic carbocycles. The molecule has 5 rings (SSSR count). The number of nitrogens with zero attached hydrogens (tertiary/aromatic N) is 3. The van der Waals surface area contributed by atoms with Crippen molar-refractivity contribution in [1.82, 2.24) is 15.2 Å². The molecule has 1 aliphatic heterocycles. The molecule has 0 amide bonds. The average Bonchev–Trinajstić information content (AvgIpc) is 3.12. The summed E-state index contributed by atoms with van der Waals surface area (Å²) < 4.78 is 11.5. The fourth-order valence-electron chi connectivity index (χ4n) is 6.52. The topological polar surface area (TPSA) is 124 Å². The van der Waals surface area contributed by atoms with E-state index >= 15 is 0 Å². The quantitative estimate of drug-likeness (QED) is 0.0743. The molecule has 3 aromatic carbocycles. The number of nitro benzene ring substituents is 1. The molecule has 53 heavy (non-hydrogen) atoms. The summed E-state index contributed by atoms with van der Waals surface area (Å²) in [5.74, 6) is -2.16. The number of carbonyl (C=O) groups excluding carboxylic acids is 2. The monoisotopic (exact) mass is 714 g/mol. The van der Waals surface area contributed by atoms with Gasteiger partial charge in [0, 0.05) is 55.6 Å². The summed E-state index contributed by atoms with van der Waals surface area (Å²) in [4.78, 5) is 45.1. The lowest BCUT2D eigenvalue weighted by molar-refractivity contribution is -0.384. The number of allylic oxidation sites excluding steroid dienone is 2. The van der Waals surface area contributed by atoms with E-state index in [0.29, 0.717) is 36.6 Å². The number of benzene rings is 3. The molecule has 2 heterocycles. The Bertz CT molecular complexity index is 2000. The van der Waals surface area contributed by atoms with Crippen molar-refractivity contribution in [2.45, 2.75) is 59.6 Å². The highest BCUT2D eigenvalue weighted by molar-refractivity contribution is 6.00. The number of carbonyl (C=O) groups is 2. The molecular weight excluding hydrogens is 668 g/mol. The molecule has 1 atom stereocenters. The number of ether oxygens (including phenoxy) is 2. The Morgan fingerprint density at radius 2 is 1.60 bits per heavy atom. The van der Waals surface area contributed by atoms with Crippen molar-refractivity contribution < 1.29 is 24.0 Å². The first-order valence-electron chi connectivity index (χ1n) is 17.7. The first kappa shape index (κ1) is 38.4. The number of hydrogen-bond donors (Lipinski definition) is 1. The molecule has 0 saturated carbocycles. The van der Waals surface area contributed by atoms with E-state index in [4.69, 9.17) is 9.47 Å². The Morgan fingerprint density at radius 1 is 0.906 bits per heavy atom. The van der Waals surface area contributed by atoms with E-state index in [1.807, 2.05) is 30.5 Å². The lowest BCUT2D eigenvalue weighted by Gasteiger charge is -2.31. The lowest BCUT2D eigenvalue weighted by Crippen LogP contribution is -2.34. The van der Waals surface area contributed by atoms with Gasteiger partial charge in [0.05, 0.1) is 28.1 Å². The maximum Gasteiger partial charge on any atom is 0.337 e. The second kappa shape index (κ2) is 18.1. The summed E-state index contributed by atoms with van der Waals surface area (Å²) in [7, 11) is 0. The molecule has 274 valence electrons. The molecule has 0 fully saturated rings. The molecule has 10 nitrogen and oxygen atoms in total. The van der Waals surface area contributed by atoms with E-state index in [9.17, 15) is 19.7 Å². The number of dihydropyridines is 1. The number of aromatic nitrogens is 1. The Kier molecular flexibility index (Phi) is 13.1. The van der Waals surface area contributed by atoms with Gasteiger partial charge in [-0.3, -0.25) is 20.0 Å². The summed E-state index contributed by atoms with van der Waals surface area (Å²) in [5, 5.41) is 14.9. The summed E-state index contributed by atoms with van der Waals surface area (Å²) in [6, 6.07) is 28.6. The summed E-state index contributed by atoms with van der Waals surface area (Å²) in [6.07, 6.45) is 6.22. The van der Waals surface area contributed by atoms with Crippen LogP contribution in [0.25, 0.3) is 6.08 Å². The van der Waals surface area contributed by atoms with Crippen molar-refractivity contribution in [3.63, 3.8) is 0 Å². The van der Waals surface area contributed by atoms with Crippen LogP contribution in [0.15, 0.2) is 132 Å².